The molecule has 1 amide bonds. The summed E-state index contributed by atoms with van der Waals surface area (Å²) in [6.07, 6.45) is -10.7. The number of methoxy groups -OCH3 is 4. The summed E-state index contributed by atoms with van der Waals surface area (Å²) in [6, 6.07) is 18.6. The van der Waals surface area contributed by atoms with Gasteiger partial charge in [-0.15, -0.1) is 0 Å². The van der Waals surface area contributed by atoms with Gasteiger partial charge in [0.1, 0.15) is 66.7 Å². The average molecular weight is 1810 g/mol. The molecule has 10 heterocycles. The van der Waals surface area contributed by atoms with Crippen molar-refractivity contribution in [1.82, 2.24) is 24.8 Å². The second-order valence-electron chi connectivity index (χ2n) is 29.1. The molecule has 46 heteroatoms. The van der Waals surface area contributed by atoms with E-state index in [0.29, 0.717) is 78.4 Å². The number of carbonyl (C=O) groups is 3. The van der Waals surface area contributed by atoms with E-state index in [-0.39, 0.29) is 155 Å². The number of esters is 2. The number of hydrogen-bond acceptors (Lipinski definition) is 34. The number of nitro groups is 1. The Morgan fingerprint density at radius 3 is 1.57 bits per heavy atom. The minimum absolute atomic E-state index is 0. The van der Waals surface area contributed by atoms with Crippen LogP contribution in [0.25, 0.3) is 11.1 Å². The summed E-state index contributed by atoms with van der Waals surface area (Å²) in [5.41, 5.74) is 6.31. The molecule has 6 saturated heterocycles. The van der Waals surface area contributed by atoms with E-state index in [9.17, 15) is 64.4 Å². The van der Waals surface area contributed by atoms with Gasteiger partial charge in [-0.3, -0.25) is 35.0 Å². The van der Waals surface area contributed by atoms with Crippen LogP contribution in [-0.2, 0) is 79.3 Å². The molecule has 2 aromatic heterocycles. The van der Waals surface area contributed by atoms with Gasteiger partial charge in [-0.1, -0.05) is 41.2 Å². The Kier molecular flexibility index (Phi) is 30.0. The number of aliphatic hydroxyl groups excluding tert-OH is 5. The van der Waals surface area contributed by atoms with Gasteiger partial charge in [-0.25, -0.2) is 9.13 Å². The van der Waals surface area contributed by atoms with Gasteiger partial charge in [0.25, 0.3) is 5.91 Å². The molecule has 6 fully saturated rings. The van der Waals surface area contributed by atoms with Gasteiger partial charge in [0.05, 0.1) is 95.6 Å². The van der Waals surface area contributed by atoms with E-state index in [0.717, 1.165) is 15.8 Å². The first kappa shape index (κ1) is 93.5. The molecular weight excluding hydrogens is 1730 g/mol. The van der Waals surface area contributed by atoms with Gasteiger partial charge < -0.3 is 158 Å². The van der Waals surface area contributed by atoms with E-state index >= 15 is 0 Å². The topological polar surface area (TPSA) is 558 Å². The van der Waals surface area contributed by atoms with Crippen molar-refractivity contribution < 1.29 is 168 Å². The van der Waals surface area contributed by atoms with Crippen LogP contribution in [0.15, 0.2) is 79.1 Å². The van der Waals surface area contributed by atoms with Crippen molar-refractivity contribution in [2.75, 3.05) is 81.6 Å². The Bertz CT molecular complexity index is 5180. The number of imidazole rings is 1. The number of nitrogens with zero attached hydrogens (tertiary/aromatic N) is 3. The SMILES string of the molecule is CCc1[nH]c(=N)[nH]c(=N)c1-c1ccc(Cl)c(Cl)c1.COc1cc([C@@H]2c3cc4c(cc3[C@@H](O[C@@H]3O[C@@H]5CO[C@@H](C)O[C@H]5[C@H](O)[C@H]3O)[C@H]3COC(=O)[C@H]23)OCO4)cc(OC)c1O.COc1cc([C@@H]2c3cc4c(cc3[C@@H](O[C@@H]3O[C@@H]5CO[C@@H](C)O[C@H]5[C@H](O)[C@H]3O)[C@H]3COC(=O)[C@H]23)OCO4)cc(OC)c1OP(=O)(O)O.O=C(Cn1ccnc1[N+](=O)[O-])NCCO.[Cl-].[H+].[NaH]. The van der Waals surface area contributed by atoms with Crippen molar-refractivity contribution in [1.29, 1.82) is 10.8 Å². The summed E-state index contributed by atoms with van der Waals surface area (Å²) in [6.45, 7) is 5.39. The second kappa shape index (κ2) is 39.5. The minimum atomic E-state index is -5.00. The summed E-state index contributed by atoms with van der Waals surface area (Å²) in [7, 11) is 0.455. The number of hydrogen-bond donors (Lipinski definition) is 13. The number of phenols is 1. The Hall–Kier alpha value is -8.70. The predicted molar refractivity (Wildman–Crippen MR) is 417 cm³/mol. The van der Waals surface area contributed by atoms with Crippen LogP contribution in [0.5, 0.6) is 57.5 Å². The average Bonchev–Trinajstić information content (AvgIpc) is 1.47. The number of phosphoric acid groups is 1. The summed E-state index contributed by atoms with van der Waals surface area (Å²) < 4.78 is 121. The number of aromatic nitrogens is 4. The Balaban J connectivity index is 0.000000175. The number of benzene rings is 5. The van der Waals surface area contributed by atoms with Gasteiger partial charge >= 0.3 is 56.7 Å². The van der Waals surface area contributed by atoms with Crippen LogP contribution < -0.4 is 71.2 Å². The number of phosphoric ester groups is 1. The van der Waals surface area contributed by atoms with E-state index < -0.39 is 152 Å². The van der Waals surface area contributed by atoms with Crippen molar-refractivity contribution in [3.63, 3.8) is 0 Å². The third kappa shape index (κ3) is 19.4. The van der Waals surface area contributed by atoms with Gasteiger partial charge in [0.15, 0.2) is 83.3 Å². The van der Waals surface area contributed by atoms with E-state index in [1.807, 2.05) is 13.0 Å². The molecule has 8 aliphatic heterocycles. The molecule has 0 saturated carbocycles. The van der Waals surface area contributed by atoms with Crippen molar-refractivity contribution >= 4 is 84.4 Å². The molecule has 0 radical (unpaired) electrons. The molecule has 123 heavy (non-hydrogen) atoms. The number of carbonyl (C=O) groups excluding carboxylic acids is 3. The van der Waals surface area contributed by atoms with E-state index in [1.54, 1.807) is 62.4 Å². The van der Waals surface area contributed by atoms with Crippen molar-refractivity contribution in [3.8, 4) is 68.6 Å². The third-order valence-electron chi connectivity index (χ3n) is 21.9. The Morgan fingerprint density at radius 1 is 0.675 bits per heavy atom. The third-order valence-corrected chi connectivity index (χ3v) is 23.1. The normalized spacial score (nSPS) is 28.2. The number of halogens is 3. The van der Waals surface area contributed by atoms with Crippen LogP contribution in [-0.4, -0.2) is 268 Å². The molecule has 41 nitrogen and oxygen atoms in total. The Labute approximate surface area is 738 Å². The zero-order valence-electron chi connectivity index (χ0n) is 66.8. The monoisotopic (exact) mass is 1810 g/mol. The van der Waals surface area contributed by atoms with Crippen LogP contribution in [0.2, 0.25) is 10.0 Å². The zero-order valence-corrected chi connectivity index (χ0v) is 69.0. The molecule has 662 valence electrons. The van der Waals surface area contributed by atoms with Crippen molar-refractivity contribution in [2.45, 2.75) is 132 Å². The van der Waals surface area contributed by atoms with Crippen LogP contribution in [0.4, 0.5) is 5.95 Å². The molecule has 5 aromatic carbocycles. The fourth-order valence-electron chi connectivity index (χ4n) is 16.5. The van der Waals surface area contributed by atoms with Crippen LogP contribution in [0, 0.1) is 44.6 Å². The maximum absolute atomic E-state index is 13.5. The fraction of sp³-hybridized carbons (Fsp3) is 0.481. The van der Waals surface area contributed by atoms with Gasteiger partial charge in [-0.05, 0) is 125 Å². The molecule has 0 spiro atoms. The molecule has 17 rings (SSSR count). The molecule has 0 unspecified atom stereocenters. The number of amides is 1. The quantitative estimate of drug-likeness (QED) is 0.0174. The van der Waals surface area contributed by atoms with E-state index in [2.05, 4.69) is 20.3 Å². The number of rotatable bonds is 19. The van der Waals surface area contributed by atoms with Gasteiger partial charge in [0, 0.05) is 41.5 Å². The number of aromatic amines is 2. The van der Waals surface area contributed by atoms with Gasteiger partial charge in [-0.2, -0.15) is 0 Å². The maximum atomic E-state index is 13.5. The first-order valence-electron chi connectivity index (χ1n) is 37.9. The zero-order chi connectivity index (χ0) is 86.3. The summed E-state index contributed by atoms with van der Waals surface area (Å²) >= 11 is 11.9. The van der Waals surface area contributed by atoms with Crippen LogP contribution >= 0.6 is 31.0 Å². The first-order chi connectivity index (χ1) is 57.9. The molecule has 2 aliphatic carbocycles. The number of phenolic OH excluding ortho intramolecular Hbond substituents is 1. The molecule has 10 aliphatic rings. The van der Waals surface area contributed by atoms with Crippen molar-refractivity contribution in [2.24, 2.45) is 23.7 Å². The van der Waals surface area contributed by atoms with E-state index in [1.165, 1.54) is 53.0 Å². The number of H-pyrrole nitrogens is 2. The summed E-state index contributed by atoms with van der Waals surface area (Å²) in [5, 5.41) is 92.2. The number of fused-ring (bicyclic) bond motifs is 8. The number of aliphatic hydroxyl groups is 5. The molecule has 13 N–H and O–H groups in total. The molecule has 20 atom stereocenters. The predicted octanol–water partition coefficient (Wildman–Crippen LogP) is 0.649. The number of cyclic esters (lactones) is 2. The van der Waals surface area contributed by atoms with Crippen molar-refractivity contribution in [3.05, 3.63) is 149 Å². The number of aromatic hydroxyl groups is 1. The number of aryl methyl sites for hydroxylation is 1. The fourth-order valence-corrected chi connectivity index (χ4v) is 17.2. The first-order valence-corrected chi connectivity index (χ1v) is 40.2. The van der Waals surface area contributed by atoms with Crippen LogP contribution in [0.3, 0.4) is 0 Å². The standard InChI is InChI=1S/C29H33O16P.C29H32O13.C12H12Cl2N4.C7H10N4O4.ClH.Na.H/c1-11-38-9-20-27(42-11)23(30)24(31)29(43-20)44-25-14-7-17-16(40-10-41-17)6-13(14)21(22-15(25)8-39-28(22)32)12-4-18(36-2)26(19(5-12)37-3)45-46(33,34)35;1-11-36-9-20-27(40-11)24(31)25(32)29(41-20)42-26-14-7-17-16(38-10-39-17)6-13(14)21(22-15(26)8-37-28(22)33)12-4-18(34-2)23(30)19(5-12)35-3;1-2-9-10(11(15)18-12(16)17-9)6-3-4-7(13)8(14)5-6;12-4-2-8-6(13)5-10-3-1-9-7(10)11(14)15;;;/h4-7,11,15,20-25,27,29-31H,8-10H2,1-3H3,(H2,33,34,35);4-7,11,15,20-22,24-27,29-32H,8-10H2,1-3H3;3-5H,2H2,1H3,(H4,15,16,17,18);1,3,12H,2,4-5H2,(H,8,13);1H;;/t11-,15+,20-,21-,22+,23-,24-,25-,27-,29+;11-,15+,20-,21-,22+,24-,25-,26-,27-,29+;;;;;/m11...../s1. The second-order valence-corrected chi connectivity index (χ2v) is 31.0. The molecule has 0 bridgehead atoms. The van der Waals surface area contributed by atoms with E-state index in [4.69, 9.17) is 129 Å². The summed E-state index contributed by atoms with van der Waals surface area (Å²) in [5.74, 6) is -4.07. The van der Waals surface area contributed by atoms with Gasteiger partial charge in [0.2, 0.25) is 25.1 Å². The van der Waals surface area contributed by atoms with Crippen LogP contribution in [0.1, 0.15) is 85.3 Å². The summed E-state index contributed by atoms with van der Waals surface area (Å²) in [4.78, 5) is 75.8. The Morgan fingerprint density at radius 2 is 1.14 bits per heavy atom. The number of ether oxygens (including phenoxy) is 18. The molecule has 7 aromatic rings. The number of nitrogens with one attached hydrogen (secondary N) is 5. The molecular formula is C77H89Cl3N8NaO33P.